The second-order valence-electron chi connectivity index (χ2n) is 5.09. The second-order valence-corrected chi connectivity index (χ2v) is 5.95. The van der Waals surface area contributed by atoms with Gasteiger partial charge in [0.25, 0.3) is 0 Å². The van der Waals surface area contributed by atoms with Crippen molar-refractivity contribution in [3.05, 3.63) is 11.1 Å². The molecule has 0 saturated carbocycles. The lowest BCUT2D eigenvalue weighted by atomic mass is 10.00. The van der Waals surface area contributed by atoms with Crippen molar-refractivity contribution in [1.29, 1.82) is 0 Å². The monoisotopic (exact) mass is 281 g/mol. The molecule has 1 aromatic heterocycles. The molecule has 2 amide bonds. The first kappa shape index (κ1) is 14.0. The van der Waals surface area contributed by atoms with Gasteiger partial charge in [-0.1, -0.05) is 6.92 Å². The lowest BCUT2D eigenvalue weighted by molar-refractivity contribution is -0.132. The molecule has 1 atom stereocenters. The summed E-state index contributed by atoms with van der Waals surface area (Å²) in [4.78, 5) is 29.2. The van der Waals surface area contributed by atoms with Crippen molar-refractivity contribution in [2.45, 2.75) is 33.1 Å². The number of amides is 2. The molecular formula is C13H19N3O2S. The third kappa shape index (κ3) is 4.02. The molecule has 1 unspecified atom stereocenters. The highest BCUT2D eigenvalue weighted by Crippen LogP contribution is 2.19. The minimum absolute atomic E-state index is 0.131. The number of carbonyl (C=O) groups excluding carboxylic acids is 2. The predicted octanol–water partition coefficient (Wildman–Crippen LogP) is 1.90. The first-order valence-electron chi connectivity index (χ1n) is 6.54. The molecule has 1 aliphatic rings. The van der Waals surface area contributed by atoms with E-state index in [1.54, 1.807) is 0 Å². The summed E-state index contributed by atoms with van der Waals surface area (Å²) in [5, 5.41) is 5.02. The van der Waals surface area contributed by atoms with Crippen LogP contribution < -0.4 is 5.32 Å². The predicted molar refractivity (Wildman–Crippen MR) is 75.1 cm³/mol. The molecule has 1 aromatic rings. The van der Waals surface area contributed by atoms with Crippen LogP contribution in [0.5, 0.6) is 0 Å². The van der Waals surface area contributed by atoms with Gasteiger partial charge in [-0.3, -0.25) is 9.59 Å². The van der Waals surface area contributed by atoms with Crippen LogP contribution in [0, 0.1) is 5.92 Å². The Labute approximate surface area is 117 Å². The van der Waals surface area contributed by atoms with Crippen molar-refractivity contribution >= 4 is 28.3 Å². The largest absolute Gasteiger partial charge is 0.342 e. The van der Waals surface area contributed by atoms with Crippen LogP contribution in [0.25, 0.3) is 0 Å². The number of rotatable bonds is 3. The van der Waals surface area contributed by atoms with Gasteiger partial charge < -0.3 is 10.2 Å². The Morgan fingerprint density at radius 2 is 2.37 bits per heavy atom. The molecule has 0 aromatic carbocycles. The summed E-state index contributed by atoms with van der Waals surface area (Å²) in [6.07, 6.45) is 2.61. The van der Waals surface area contributed by atoms with Crippen molar-refractivity contribution in [2.75, 3.05) is 18.4 Å². The van der Waals surface area contributed by atoms with Crippen LogP contribution in [-0.4, -0.2) is 34.8 Å². The number of nitrogens with one attached hydrogen (secondary N) is 1. The smallest absolute Gasteiger partial charge is 0.228 e. The van der Waals surface area contributed by atoms with Crippen LogP contribution in [-0.2, 0) is 16.0 Å². The number of likely N-dealkylation sites (tertiary alicyclic amines) is 1. The average Bonchev–Trinajstić information content (AvgIpc) is 2.75. The Morgan fingerprint density at radius 1 is 1.58 bits per heavy atom. The van der Waals surface area contributed by atoms with Gasteiger partial charge >= 0.3 is 0 Å². The Kier molecular flexibility index (Phi) is 4.52. The lowest BCUT2D eigenvalue weighted by Crippen LogP contribution is -2.39. The zero-order valence-corrected chi connectivity index (χ0v) is 12.1. The highest BCUT2D eigenvalue weighted by molar-refractivity contribution is 7.13. The molecule has 0 aliphatic carbocycles. The lowest BCUT2D eigenvalue weighted by Gasteiger charge is -2.30. The number of hydrogen-bond acceptors (Lipinski definition) is 4. The van der Waals surface area contributed by atoms with E-state index >= 15 is 0 Å². The molecule has 1 aliphatic heterocycles. The van der Waals surface area contributed by atoms with Crippen LogP contribution in [0.2, 0.25) is 0 Å². The summed E-state index contributed by atoms with van der Waals surface area (Å²) < 4.78 is 0. The van der Waals surface area contributed by atoms with E-state index in [1.165, 1.54) is 24.7 Å². The van der Waals surface area contributed by atoms with Gasteiger partial charge in [0.15, 0.2) is 5.13 Å². The van der Waals surface area contributed by atoms with E-state index in [0.29, 0.717) is 17.5 Å². The van der Waals surface area contributed by atoms with E-state index in [1.807, 2.05) is 10.3 Å². The quantitative estimate of drug-likeness (QED) is 0.920. The highest BCUT2D eigenvalue weighted by Gasteiger charge is 2.21. The van der Waals surface area contributed by atoms with Crippen molar-refractivity contribution in [3.63, 3.8) is 0 Å². The summed E-state index contributed by atoms with van der Waals surface area (Å²) in [6, 6.07) is 0. The molecule has 1 saturated heterocycles. The van der Waals surface area contributed by atoms with E-state index in [9.17, 15) is 9.59 Å². The molecule has 6 heteroatoms. The standard InChI is InChI=1S/C13H19N3O2S/c1-9-4-3-5-16(7-9)12(18)6-11-8-19-13(15-11)14-10(2)17/h8-9H,3-7H2,1-2H3,(H,14,15,17). The van der Waals surface area contributed by atoms with E-state index in [0.717, 1.165) is 25.2 Å². The summed E-state index contributed by atoms with van der Waals surface area (Å²) in [5.41, 5.74) is 0.733. The van der Waals surface area contributed by atoms with Gasteiger partial charge in [0.2, 0.25) is 11.8 Å². The Balaban J connectivity index is 1.91. The molecule has 1 N–H and O–H groups in total. The van der Waals surface area contributed by atoms with Gasteiger partial charge in [0, 0.05) is 25.4 Å². The molecule has 5 nitrogen and oxygen atoms in total. The summed E-state index contributed by atoms with van der Waals surface area (Å²) in [5.74, 6) is 0.575. The number of anilines is 1. The maximum atomic E-state index is 12.1. The molecule has 19 heavy (non-hydrogen) atoms. The molecule has 2 heterocycles. The van der Waals surface area contributed by atoms with E-state index in [-0.39, 0.29) is 11.8 Å². The Bertz CT molecular complexity index is 472. The van der Waals surface area contributed by atoms with Crippen molar-refractivity contribution in [2.24, 2.45) is 5.92 Å². The van der Waals surface area contributed by atoms with Gasteiger partial charge in [-0.05, 0) is 18.8 Å². The van der Waals surface area contributed by atoms with Crippen LogP contribution in [0.4, 0.5) is 5.13 Å². The summed E-state index contributed by atoms with van der Waals surface area (Å²) in [7, 11) is 0. The Morgan fingerprint density at radius 3 is 3.05 bits per heavy atom. The van der Waals surface area contributed by atoms with E-state index in [4.69, 9.17) is 0 Å². The maximum Gasteiger partial charge on any atom is 0.228 e. The third-order valence-corrected chi connectivity index (χ3v) is 3.98. The maximum absolute atomic E-state index is 12.1. The van der Waals surface area contributed by atoms with Crippen molar-refractivity contribution in [1.82, 2.24) is 9.88 Å². The number of thiazole rings is 1. The average molecular weight is 281 g/mol. The van der Waals surface area contributed by atoms with Crippen molar-refractivity contribution in [3.8, 4) is 0 Å². The first-order chi connectivity index (χ1) is 9.04. The molecule has 2 rings (SSSR count). The van der Waals surface area contributed by atoms with Crippen LogP contribution in [0.15, 0.2) is 5.38 Å². The normalized spacial score (nSPS) is 19.3. The number of nitrogens with zero attached hydrogens (tertiary/aromatic N) is 2. The van der Waals surface area contributed by atoms with Gasteiger partial charge in [-0.2, -0.15) is 0 Å². The minimum Gasteiger partial charge on any atom is -0.342 e. The third-order valence-electron chi connectivity index (χ3n) is 3.18. The van der Waals surface area contributed by atoms with Crippen molar-refractivity contribution < 1.29 is 9.59 Å². The van der Waals surface area contributed by atoms with Crippen LogP contribution in [0.1, 0.15) is 32.4 Å². The van der Waals surface area contributed by atoms with E-state index in [2.05, 4.69) is 17.2 Å². The van der Waals surface area contributed by atoms with Gasteiger partial charge in [0.05, 0.1) is 12.1 Å². The number of hydrogen-bond donors (Lipinski definition) is 1. The highest BCUT2D eigenvalue weighted by atomic mass is 32.1. The topological polar surface area (TPSA) is 62.3 Å². The fraction of sp³-hybridized carbons (Fsp3) is 0.615. The Hall–Kier alpha value is -1.43. The first-order valence-corrected chi connectivity index (χ1v) is 7.42. The molecule has 0 radical (unpaired) electrons. The fourth-order valence-electron chi connectivity index (χ4n) is 2.28. The zero-order valence-electron chi connectivity index (χ0n) is 11.3. The molecular weight excluding hydrogens is 262 g/mol. The fourth-order valence-corrected chi connectivity index (χ4v) is 3.04. The minimum atomic E-state index is -0.142. The number of aromatic nitrogens is 1. The number of piperidine rings is 1. The summed E-state index contributed by atoms with van der Waals surface area (Å²) >= 11 is 1.35. The molecule has 1 fully saturated rings. The van der Waals surface area contributed by atoms with Crippen LogP contribution in [0.3, 0.4) is 0 Å². The molecule has 0 spiro atoms. The SMILES string of the molecule is CC(=O)Nc1nc(CC(=O)N2CCCC(C)C2)cs1. The number of carbonyl (C=O) groups is 2. The molecule has 0 bridgehead atoms. The summed E-state index contributed by atoms with van der Waals surface area (Å²) in [6.45, 7) is 5.33. The molecule has 104 valence electrons. The van der Waals surface area contributed by atoms with Gasteiger partial charge in [0.1, 0.15) is 0 Å². The van der Waals surface area contributed by atoms with E-state index < -0.39 is 0 Å². The van der Waals surface area contributed by atoms with Gasteiger partial charge in [-0.25, -0.2) is 4.98 Å². The van der Waals surface area contributed by atoms with Gasteiger partial charge in [-0.15, -0.1) is 11.3 Å². The van der Waals surface area contributed by atoms with Crippen LogP contribution >= 0.6 is 11.3 Å². The second kappa shape index (κ2) is 6.14. The zero-order chi connectivity index (χ0) is 13.8.